The molecule has 15 heavy (non-hydrogen) atoms. The lowest BCUT2D eigenvalue weighted by molar-refractivity contribution is -0.137. The van der Waals surface area contributed by atoms with Crippen molar-refractivity contribution in [1.29, 1.82) is 0 Å². The van der Waals surface area contributed by atoms with Gasteiger partial charge in [0.15, 0.2) is 11.5 Å². The molecule has 0 rings (SSSR count). The molecule has 3 nitrogen and oxygen atoms in total. The molecular formula is C12H20O3. The first-order chi connectivity index (χ1) is 7.15. The summed E-state index contributed by atoms with van der Waals surface area (Å²) >= 11 is 0. The zero-order valence-corrected chi connectivity index (χ0v) is 10.0. The van der Waals surface area contributed by atoms with E-state index in [4.69, 9.17) is 9.47 Å². The van der Waals surface area contributed by atoms with Crippen LogP contribution in [0.5, 0.6) is 0 Å². The molecule has 0 aromatic carbocycles. The van der Waals surface area contributed by atoms with Crippen LogP contribution in [0.1, 0.15) is 40.5 Å². The molecule has 0 heterocycles. The van der Waals surface area contributed by atoms with Crippen molar-refractivity contribution in [3.63, 3.8) is 0 Å². The van der Waals surface area contributed by atoms with Crippen LogP contribution < -0.4 is 0 Å². The number of allylic oxidation sites excluding steroid dienone is 2. The van der Waals surface area contributed by atoms with Crippen LogP contribution in [0.4, 0.5) is 0 Å². The molecule has 0 saturated carbocycles. The zero-order chi connectivity index (χ0) is 11.7. The minimum atomic E-state index is -0.332. The van der Waals surface area contributed by atoms with Crippen molar-refractivity contribution in [3.05, 3.63) is 23.7 Å². The molecule has 0 saturated heterocycles. The van der Waals surface area contributed by atoms with Gasteiger partial charge in [0.25, 0.3) is 0 Å². The maximum absolute atomic E-state index is 10.8. The van der Waals surface area contributed by atoms with Crippen LogP contribution in [0, 0.1) is 0 Å². The molecule has 0 spiro atoms. The molecule has 86 valence electrons. The fraction of sp³-hybridized carbons (Fsp3) is 0.583. The molecule has 0 aromatic heterocycles. The fourth-order valence-electron chi connectivity index (χ4n) is 1.03. The quantitative estimate of drug-likeness (QED) is 0.293. The zero-order valence-electron chi connectivity index (χ0n) is 10.0. The highest BCUT2D eigenvalue weighted by Gasteiger charge is 2.08. The molecule has 0 aliphatic heterocycles. The van der Waals surface area contributed by atoms with Crippen LogP contribution in [0.15, 0.2) is 23.7 Å². The van der Waals surface area contributed by atoms with Crippen LogP contribution in [0.25, 0.3) is 0 Å². The van der Waals surface area contributed by atoms with E-state index in [9.17, 15) is 4.79 Å². The molecule has 0 atom stereocenters. The Balaban J connectivity index is 4.31. The second kappa shape index (κ2) is 8.09. The van der Waals surface area contributed by atoms with E-state index in [1.165, 1.54) is 6.92 Å². The SMILES string of the molecule is CC=C(OCCCC)C(=CC)OC(C)=O. The Morgan fingerprint density at radius 3 is 2.20 bits per heavy atom. The number of carbonyl (C=O) groups is 1. The summed E-state index contributed by atoms with van der Waals surface area (Å²) in [7, 11) is 0. The molecule has 0 fully saturated rings. The van der Waals surface area contributed by atoms with Crippen LogP contribution in [-0.2, 0) is 14.3 Å². The smallest absolute Gasteiger partial charge is 0.308 e. The van der Waals surface area contributed by atoms with E-state index in [0.717, 1.165) is 12.8 Å². The first-order valence-corrected chi connectivity index (χ1v) is 5.29. The number of unbranched alkanes of at least 4 members (excludes halogenated alkanes) is 1. The summed E-state index contributed by atoms with van der Waals surface area (Å²) in [6.45, 7) is 7.79. The summed E-state index contributed by atoms with van der Waals surface area (Å²) in [5, 5.41) is 0. The number of rotatable bonds is 6. The van der Waals surface area contributed by atoms with Crippen molar-refractivity contribution in [1.82, 2.24) is 0 Å². The first kappa shape index (κ1) is 13.8. The highest BCUT2D eigenvalue weighted by molar-refractivity contribution is 5.67. The van der Waals surface area contributed by atoms with Crippen LogP contribution in [-0.4, -0.2) is 12.6 Å². The second-order valence-corrected chi connectivity index (χ2v) is 3.10. The largest absolute Gasteiger partial charge is 0.490 e. The molecule has 0 aliphatic carbocycles. The molecule has 0 bridgehead atoms. The first-order valence-electron chi connectivity index (χ1n) is 5.29. The van der Waals surface area contributed by atoms with Crippen LogP contribution in [0.2, 0.25) is 0 Å². The maximum Gasteiger partial charge on any atom is 0.308 e. The Hall–Kier alpha value is -1.25. The van der Waals surface area contributed by atoms with Crippen molar-refractivity contribution < 1.29 is 14.3 Å². The van der Waals surface area contributed by atoms with Gasteiger partial charge in [-0.2, -0.15) is 0 Å². The Morgan fingerprint density at radius 1 is 1.20 bits per heavy atom. The van der Waals surface area contributed by atoms with E-state index >= 15 is 0 Å². The number of ether oxygens (including phenoxy) is 2. The standard InChI is InChI=1S/C12H20O3/c1-5-8-9-14-11(6-2)12(7-3)15-10(4)13/h6-7H,5,8-9H2,1-4H3. The second-order valence-electron chi connectivity index (χ2n) is 3.10. The van der Waals surface area contributed by atoms with Gasteiger partial charge in [0.2, 0.25) is 0 Å². The van der Waals surface area contributed by atoms with E-state index in [2.05, 4.69) is 6.92 Å². The average Bonchev–Trinajstić information content (AvgIpc) is 2.21. The minimum absolute atomic E-state index is 0.332. The lowest BCUT2D eigenvalue weighted by Crippen LogP contribution is -2.05. The van der Waals surface area contributed by atoms with E-state index < -0.39 is 0 Å². The third-order valence-electron chi connectivity index (χ3n) is 1.78. The Labute approximate surface area is 91.8 Å². The number of esters is 1. The lowest BCUT2D eigenvalue weighted by atomic mass is 10.3. The van der Waals surface area contributed by atoms with Gasteiger partial charge in [0.05, 0.1) is 6.61 Å². The molecular weight excluding hydrogens is 192 g/mol. The van der Waals surface area contributed by atoms with Crippen molar-refractivity contribution in [2.75, 3.05) is 6.61 Å². The monoisotopic (exact) mass is 212 g/mol. The normalized spacial score (nSPS) is 12.5. The number of carbonyl (C=O) groups excluding carboxylic acids is 1. The van der Waals surface area contributed by atoms with Crippen molar-refractivity contribution in [3.8, 4) is 0 Å². The summed E-state index contributed by atoms with van der Waals surface area (Å²) in [5.74, 6) is 0.781. The van der Waals surface area contributed by atoms with Crippen molar-refractivity contribution in [2.24, 2.45) is 0 Å². The topological polar surface area (TPSA) is 35.5 Å². The van der Waals surface area contributed by atoms with Gasteiger partial charge in [-0.15, -0.1) is 0 Å². The van der Waals surface area contributed by atoms with Gasteiger partial charge < -0.3 is 9.47 Å². The van der Waals surface area contributed by atoms with Crippen LogP contribution >= 0.6 is 0 Å². The lowest BCUT2D eigenvalue weighted by Gasteiger charge is -2.12. The van der Waals surface area contributed by atoms with Crippen molar-refractivity contribution in [2.45, 2.75) is 40.5 Å². The molecule has 0 aromatic rings. The minimum Gasteiger partial charge on any atom is -0.490 e. The van der Waals surface area contributed by atoms with Gasteiger partial charge in [-0.1, -0.05) is 13.3 Å². The molecule has 0 radical (unpaired) electrons. The molecule has 0 N–H and O–H groups in total. The Bertz CT molecular complexity index is 252. The molecule has 0 unspecified atom stereocenters. The summed E-state index contributed by atoms with van der Waals surface area (Å²) in [6, 6.07) is 0. The predicted molar refractivity (Wildman–Crippen MR) is 60.1 cm³/mol. The summed E-state index contributed by atoms with van der Waals surface area (Å²) < 4.78 is 10.5. The van der Waals surface area contributed by atoms with Gasteiger partial charge in [-0.3, -0.25) is 4.79 Å². The Kier molecular flexibility index (Phi) is 7.42. The van der Waals surface area contributed by atoms with E-state index in [1.54, 1.807) is 12.2 Å². The Morgan fingerprint density at radius 2 is 1.80 bits per heavy atom. The molecule has 0 aliphatic rings. The van der Waals surface area contributed by atoms with Gasteiger partial charge in [0, 0.05) is 6.92 Å². The number of hydrogen-bond donors (Lipinski definition) is 0. The van der Waals surface area contributed by atoms with Gasteiger partial charge in [0.1, 0.15) is 0 Å². The van der Waals surface area contributed by atoms with Gasteiger partial charge in [-0.25, -0.2) is 0 Å². The van der Waals surface area contributed by atoms with Crippen LogP contribution in [0.3, 0.4) is 0 Å². The van der Waals surface area contributed by atoms with E-state index in [-0.39, 0.29) is 5.97 Å². The fourth-order valence-corrected chi connectivity index (χ4v) is 1.03. The van der Waals surface area contributed by atoms with E-state index in [1.807, 2.05) is 13.8 Å². The molecule has 3 heteroatoms. The highest BCUT2D eigenvalue weighted by Crippen LogP contribution is 2.14. The maximum atomic E-state index is 10.8. The van der Waals surface area contributed by atoms with Crippen molar-refractivity contribution >= 4 is 5.97 Å². The van der Waals surface area contributed by atoms with Gasteiger partial charge >= 0.3 is 5.97 Å². The average molecular weight is 212 g/mol. The number of hydrogen-bond acceptors (Lipinski definition) is 3. The van der Waals surface area contributed by atoms with Gasteiger partial charge in [-0.05, 0) is 32.4 Å². The third kappa shape index (κ3) is 5.94. The molecule has 0 amide bonds. The van der Waals surface area contributed by atoms with E-state index in [0.29, 0.717) is 18.1 Å². The highest BCUT2D eigenvalue weighted by atomic mass is 16.6. The summed E-state index contributed by atoms with van der Waals surface area (Å²) in [5.41, 5.74) is 0. The predicted octanol–water partition coefficient (Wildman–Crippen LogP) is 3.17. The summed E-state index contributed by atoms with van der Waals surface area (Å²) in [6.07, 6.45) is 5.60. The third-order valence-corrected chi connectivity index (χ3v) is 1.78. The summed E-state index contributed by atoms with van der Waals surface area (Å²) in [4.78, 5) is 10.8.